The highest BCUT2D eigenvalue weighted by molar-refractivity contribution is 5.30. The lowest BCUT2D eigenvalue weighted by atomic mass is 9.89. The SMILES string of the molecule is Cc1ccc(CCN(C)CC(C)(C)CCN)c(C)c1. The van der Waals surface area contributed by atoms with Crippen LogP contribution < -0.4 is 5.73 Å². The van der Waals surface area contributed by atoms with Gasteiger partial charge < -0.3 is 10.6 Å². The van der Waals surface area contributed by atoms with Crippen molar-refractivity contribution >= 4 is 0 Å². The molecule has 0 spiro atoms. The van der Waals surface area contributed by atoms with Gasteiger partial charge in [-0.05, 0) is 56.8 Å². The van der Waals surface area contributed by atoms with E-state index in [-0.39, 0.29) is 0 Å². The van der Waals surface area contributed by atoms with Crippen molar-refractivity contribution in [1.82, 2.24) is 4.90 Å². The second-order valence-electron chi connectivity index (χ2n) is 6.62. The molecule has 19 heavy (non-hydrogen) atoms. The molecular weight excluding hydrogens is 232 g/mol. The topological polar surface area (TPSA) is 29.3 Å². The first-order valence-corrected chi connectivity index (χ1v) is 7.29. The van der Waals surface area contributed by atoms with Gasteiger partial charge in [-0.2, -0.15) is 0 Å². The monoisotopic (exact) mass is 262 g/mol. The van der Waals surface area contributed by atoms with E-state index in [9.17, 15) is 0 Å². The number of hydrogen-bond donors (Lipinski definition) is 1. The van der Waals surface area contributed by atoms with Crippen molar-refractivity contribution < 1.29 is 0 Å². The zero-order valence-electron chi connectivity index (χ0n) is 13.3. The zero-order chi connectivity index (χ0) is 14.5. The van der Waals surface area contributed by atoms with Gasteiger partial charge >= 0.3 is 0 Å². The second kappa shape index (κ2) is 7.06. The first-order chi connectivity index (χ1) is 8.84. The fourth-order valence-corrected chi connectivity index (χ4v) is 2.72. The van der Waals surface area contributed by atoms with E-state index in [0.717, 1.165) is 32.5 Å². The normalized spacial score (nSPS) is 12.2. The lowest BCUT2D eigenvalue weighted by molar-refractivity contribution is 0.202. The standard InChI is InChI=1S/C17H30N2/c1-14-6-7-16(15(2)12-14)8-11-19(5)13-17(3,4)9-10-18/h6-7,12H,8-11,13,18H2,1-5H3. The maximum absolute atomic E-state index is 5.67. The second-order valence-corrected chi connectivity index (χ2v) is 6.62. The van der Waals surface area contributed by atoms with E-state index < -0.39 is 0 Å². The molecule has 0 saturated carbocycles. The predicted octanol–water partition coefficient (Wildman–Crippen LogP) is 3.15. The largest absolute Gasteiger partial charge is 0.330 e. The van der Waals surface area contributed by atoms with Crippen molar-refractivity contribution in [3.05, 3.63) is 34.9 Å². The summed E-state index contributed by atoms with van der Waals surface area (Å²) >= 11 is 0. The van der Waals surface area contributed by atoms with Gasteiger partial charge in [-0.25, -0.2) is 0 Å². The maximum Gasteiger partial charge on any atom is 0.00302 e. The van der Waals surface area contributed by atoms with E-state index in [4.69, 9.17) is 5.73 Å². The summed E-state index contributed by atoms with van der Waals surface area (Å²) in [7, 11) is 2.21. The van der Waals surface area contributed by atoms with Gasteiger partial charge in [-0.3, -0.25) is 0 Å². The molecule has 0 aliphatic carbocycles. The minimum absolute atomic E-state index is 0.311. The molecule has 0 heterocycles. The van der Waals surface area contributed by atoms with Crippen LogP contribution in [0, 0.1) is 19.3 Å². The number of hydrogen-bond acceptors (Lipinski definition) is 2. The summed E-state index contributed by atoms with van der Waals surface area (Å²) in [6.45, 7) is 11.9. The zero-order valence-corrected chi connectivity index (χ0v) is 13.3. The van der Waals surface area contributed by atoms with Crippen LogP contribution in [-0.4, -0.2) is 31.6 Å². The smallest absolute Gasteiger partial charge is 0.00302 e. The van der Waals surface area contributed by atoms with Gasteiger partial charge in [0.1, 0.15) is 0 Å². The summed E-state index contributed by atoms with van der Waals surface area (Å²) in [4.78, 5) is 2.43. The Bertz CT molecular complexity index is 396. The highest BCUT2D eigenvalue weighted by atomic mass is 15.1. The van der Waals surface area contributed by atoms with Crippen molar-refractivity contribution in [2.45, 2.75) is 40.5 Å². The molecule has 0 aromatic heterocycles. The molecule has 0 aliphatic rings. The fraction of sp³-hybridized carbons (Fsp3) is 0.647. The van der Waals surface area contributed by atoms with Crippen LogP contribution in [-0.2, 0) is 6.42 Å². The Labute approximate surface area is 119 Å². The number of likely N-dealkylation sites (N-methyl/N-ethyl adjacent to an activating group) is 1. The molecule has 0 bridgehead atoms. The van der Waals surface area contributed by atoms with Crippen LogP contribution in [0.25, 0.3) is 0 Å². The Morgan fingerprint density at radius 3 is 2.47 bits per heavy atom. The van der Waals surface area contributed by atoms with Crippen LogP contribution in [0.15, 0.2) is 18.2 Å². The highest BCUT2D eigenvalue weighted by Crippen LogP contribution is 2.20. The number of nitrogens with zero attached hydrogens (tertiary/aromatic N) is 1. The van der Waals surface area contributed by atoms with Gasteiger partial charge in [-0.15, -0.1) is 0 Å². The summed E-state index contributed by atoms with van der Waals surface area (Å²) in [6, 6.07) is 6.75. The van der Waals surface area contributed by atoms with Gasteiger partial charge in [0.2, 0.25) is 0 Å². The molecule has 0 aliphatic heterocycles. The molecule has 1 aromatic carbocycles. The van der Waals surface area contributed by atoms with Crippen LogP contribution in [0.2, 0.25) is 0 Å². The van der Waals surface area contributed by atoms with E-state index in [1.54, 1.807) is 0 Å². The molecule has 1 aromatic rings. The molecule has 0 atom stereocenters. The van der Waals surface area contributed by atoms with Crippen molar-refractivity contribution in [2.24, 2.45) is 11.1 Å². The van der Waals surface area contributed by atoms with Crippen LogP contribution in [0.5, 0.6) is 0 Å². The van der Waals surface area contributed by atoms with E-state index in [1.165, 1.54) is 16.7 Å². The third-order valence-corrected chi connectivity index (χ3v) is 3.78. The summed E-state index contributed by atoms with van der Waals surface area (Å²) in [5.41, 5.74) is 10.2. The summed E-state index contributed by atoms with van der Waals surface area (Å²) in [6.07, 6.45) is 2.21. The van der Waals surface area contributed by atoms with Crippen molar-refractivity contribution in [2.75, 3.05) is 26.7 Å². The van der Waals surface area contributed by atoms with Crippen LogP contribution in [0.1, 0.15) is 37.0 Å². The molecule has 0 fully saturated rings. The van der Waals surface area contributed by atoms with E-state index in [0.29, 0.717) is 5.41 Å². The molecule has 0 saturated heterocycles. The lowest BCUT2D eigenvalue weighted by Gasteiger charge is -2.30. The predicted molar refractivity (Wildman–Crippen MR) is 84.6 cm³/mol. The van der Waals surface area contributed by atoms with Crippen molar-refractivity contribution in [3.63, 3.8) is 0 Å². The molecule has 2 heteroatoms. The lowest BCUT2D eigenvalue weighted by Crippen LogP contribution is -2.34. The van der Waals surface area contributed by atoms with Crippen molar-refractivity contribution in [1.29, 1.82) is 0 Å². The summed E-state index contributed by atoms with van der Waals surface area (Å²) in [5.74, 6) is 0. The van der Waals surface area contributed by atoms with E-state index in [2.05, 4.69) is 57.8 Å². The Morgan fingerprint density at radius 2 is 1.89 bits per heavy atom. The average Bonchev–Trinajstić information content (AvgIpc) is 2.26. The van der Waals surface area contributed by atoms with Gasteiger partial charge in [-0.1, -0.05) is 37.6 Å². The fourth-order valence-electron chi connectivity index (χ4n) is 2.72. The first-order valence-electron chi connectivity index (χ1n) is 7.29. The molecule has 2 N–H and O–H groups in total. The van der Waals surface area contributed by atoms with Crippen LogP contribution >= 0.6 is 0 Å². The Balaban J connectivity index is 2.48. The average molecular weight is 262 g/mol. The third kappa shape index (κ3) is 5.75. The van der Waals surface area contributed by atoms with Crippen LogP contribution in [0.3, 0.4) is 0 Å². The number of benzene rings is 1. The van der Waals surface area contributed by atoms with Gasteiger partial charge in [0.05, 0.1) is 0 Å². The van der Waals surface area contributed by atoms with Gasteiger partial charge in [0.15, 0.2) is 0 Å². The number of aryl methyl sites for hydroxylation is 2. The molecule has 0 radical (unpaired) electrons. The van der Waals surface area contributed by atoms with E-state index in [1.807, 2.05) is 0 Å². The quantitative estimate of drug-likeness (QED) is 0.818. The number of nitrogens with two attached hydrogens (primary N) is 1. The summed E-state index contributed by atoms with van der Waals surface area (Å²) in [5, 5.41) is 0. The summed E-state index contributed by atoms with van der Waals surface area (Å²) < 4.78 is 0. The molecular formula is C17H30N2. The molecule has 0 amide bonds. The molecule has 108 valence electrons. The number of rotatable bonds is 7. The van der Waals surface area contributed by atoms with Crippen molar-refractivity contribution in [3.8, 4) is 0 Å². The molecule has 2 nitrogen and oxygen atoms in total. The van der Waals surface area contributed by atoms with Gasteiger partial charge in [0, 0.05) is 13.1 Å². The Hall–Kier alpha value is -0.860. The maximum atomic E-state index is 5.67. The Kier molecular flexibility index (Phi) is 6.02. The Morgan fingerprint density at radius 1 is 1.21 bits per heavy atom. The third-order valence-electron chi connectivity index (χ3n) is 3.78. The minimum Gasteiger partial charge on any atom is -0.330 e. The highest BCUT2D eigenvalue weighted by Gasteiger charge is 2.18. The first kappa shape index (κ1) is 16.2. The van der Waals surface area contributed by atoms with Crippen LogP contribution in [0.4, 0.5) is 0 Å². The minimum atomic E-state index is 0.311. The molecule has 1 rings (SSSR count). The molecule has 0 unspecified atom stereocenters. The van der Waals surface area contributed by atoms with Gasteiger partial charge in [0.25, 0.3) is 0 Å². The van der Waals surface area contributed by atoms with E-state index >= 15 is 0 Å².